The molecule has 0 aliphatic heterocycles. The van der Waals surface area contributed by atoms with Gasteiger partial charge in [0.15, 0.2) is 0 Å². The van der Waals surface area contributed by atoms with Gasteiger partial charge in [0.25, 0.3) is 0 Å². The molecule has 1 rings (SSSR count). The number of nitrogens with one attached hydrogen (secondary N) is 1. The van der Waals surface area contributed by atoms with Crippen LogP contribution in [0, 0.1) is 3.57 Å². The summed E-state index contributed by atoms with van der Waals surface area (Å²) in [5.74, 6) is 0. The highest BCUT2D eigenvalue weighted by atomic mass is 127. The molecular weight excluding hydrogens is 324 g/mol. The molecule has 4 heteroatoms. The normalized spacial score (nSPS) is 10.7. The van der Waals surface area contributed by atoms with Crippen LogP contribution in [0.5, 0.6) is 0 Å². The van der Waals surface area contributed by atoms with Gasteiger partial charge in [-0.05, 0) is 54.6 Å². The standard InChI is InChI=1S/C11H15ClINO/c1-8(2)15-6-5-14-11-4-3-9(13)7-10(11)12/h3-4,7-8,14H,5-6H2,1-2H3. The number of anilines is 1. The van der Waals surface area contributed by atoms with Crippen molar-refractivity contribution in [3.05, 3.63) is 26.8 Å². The Kier molecular flexibility index (Phi) is 5.71. The van der Waals surface area contributed by atoms with E-state index < -0.39 is 0 Å². The Labute approximate surface area is 109 Å². The molecule has 0 fully saturated rings. The lowest BCUT2D eigenvalue weighted by atomic mass is 10.3. The third-order valence-electron chi connectivity index (χ3n) is 1.80. The molecular formula is C11H15ClINO. The van der Waals surface area contributed by atoms with Gasteiger partial charge in [0, 0.05) is 10.1 Å². The zero-order valence-electron chi connectivity index (χ0n) is 8.89. The molecule has 0 aromatic heterocycles. The Bertz CT molecular complexity index is 317. The van der Waals surface area contributed by atoms with Crippen LogP contribution in [0.25, 0.3) is 0 Å². The van der Waals surface area contributed by atoms with Crippen molar-refractivity contribution in [2.45, 2.75) is 20.0 Å². The van der Waals surface area contributed by atoms with Crippen LogP contribution >= 0.6 is 34.2 Å². The Balaban J connectivity index is 2.37. The Morgan fingerprint density at radius 1 is 1.47 bits per heavy atom. The van der Waals surface area contributed by atoms with Crippen LogP contribution in [0.3, 0.4) is 0 Å². The van der Waals surface area contributed by atoms with Gasteiger partial charge in [-0.25, -0.2) is 0 Å². The molecule has 0 saturated heterocycles. The molecule has 0 saturated carbocycles. The predicted molar refractivity (Wildman–Crippen MR) is 73.7 cm³/mol. The lowest BCUT2D eigenvalue weighted by molar-refractivity contribution is 0.0870. The van der Waals surface area contributed by atoms with Gasteiger partial charge >= 0.3 is 0 Å². The van der Waals surface area contributed by atoms with Gasteiger partial charge in [-0.2, -0.15) is 0 Å². The fourth-order valence-corrected chi connectivity index (χ4v) is 2.04. The van der Waals surface area contributed by atoms with Crippen LogP contribution in [-0.4, -0.2) is 19.3 Å². The topological polar surface area (TPSA) is 21.3 Å². The number of rotatable bonds is 5. The quantitative estimate of drug-likeness (QED) is 0.651. The van der Waals surface area contributed by atoms with E-state index in [2.05, 4.69) is 27.9 Å². The van der Waals surface area contributed by atoms with Gasteiger partial charge in [-0.1, -0.05) is 11.6 Å². The predicted octanol–water partition coefficient (Wildman–Crippen LogP) is 3.78. The number of benzene rings is 1. The first-order valence-electron chi connectivity index (χ1n) is 4.90. The molecule has 1 aromatic rings. The fourth-order valence-electron chi connectivity index (χ4n) is 1.11. The lowest BCUT2D eigenvalue weighted by Gasteiger charge is -2.10. The zero-order chi connectivity index (χ0) is 11.3. The lowest BCUT2D eigenvalue weighted by Crippen LogP contribution is -2.13. The van der Waals surface area contributed by atoms with Crippen LogP contribution in [0.1, 0.15) is 13.8 Å². The van der Waals surface area contributed by atoms with E-state index >= 15 is 0 Å². The SMILES string of the molecule is CC(C)OCCNc1ccc(I)cc1Cl. The van der Waals surface area contributed by atoms with E-state index in [9.17, 15) is 0 Å². The Hall–Kier alpha value is -0.0000000000000000555. The minimum Gasteiger partial charge on any atom is -0.382 e. The first kappa shape index (κ1) is 13.1. The molecule has 1 aromatic carbocycles. The van der Waals surface area contributed by atoms with Crippen LogP contribution in [-0.2, 0) is 4.74 Å². The third kappa shape index (κ3) is 5.04. The maximum atomic E-state index is 6.06. The minimum absolute atomic E-state index is 0.277. The highest BCUT2D eigenvalue weighted by Crippen LogP contribution is 2.23. The van der Waals surface area contributed by atoms with E-state index in [-0.39, 0.29) is 6.10 Å². The molecule has 0 unspecified atom stereocenters. The third-order valence-corrected chi connectivity index (χ3v) is 2.78. The monoisotopic (exact) mass is 339 g/mol. The van der Waals surface area contributed by atoms with Crippen molar-refractivity contribution in [1.82, 2.24) is 0 Å². The van der Waals surface area contributed by atoms with Crippen molar-refractivity contribution in [3.8, 4) is 0 Å². The number of halogens is 2. The fraction of sp³-hybridized carbons (Fsp3) is 0.455. The first-order valence-corrected chi connectivity index (χ1v) is 6.36. The van der Waals surface area contributed by atoms with E-state index in [0.29, 0.717) is 6.61 Å². The van der Waals surface area contributed by atoms with Crippen LogP contribution < -0.4 is 5.32 Å². The molecule has 0 bridgehead atoms. The van der Waals surface area contributed by atoms with Gasteiger partial charge in [0.05, 0.1) is 23.4 Å². The smallest absolute Gasteiger partial charge is 0.0648 e. The molecule has 0 amide bonds. The van der Waals surface area contributed by atoms with Gasteiger partial charge < -0.3 is 10.1 Å². The molecule has 1 N–H and O–H groups in total. The van der Waals surface area contributed by atoms with Crippen molar-refractivity contribution in [1.29, 1.82) is 0 Å². The summed E-state index contributed by atoms with van der Waals surface area (Å²) >= 11 is 8.30. The largest absolute Gasteiger partial charge is 0.382 e. The summed E-state index contributed by atoms with van der Waals surface area (Å²) in [7, 11) is 0. The summed E-state index contributed by atoms with van der Waals surface area (Å²) in [4.78, 5) is 0. The maximum absolute atomic E-state index is 6.06. The van der Waals surface area contributed by atoms with Crippen LogP contribution in [0.15, 0.2) is 18.2 Å². The van der Waals surface area contributed by atoms with Crippen molar-refractivity contribution in [2.24, 2.45) is 0 Å². The average Bonchev–Trinajstić information content (AvgIpc) is 2.14. The molecule has 2 nitrogen and oxygen atoms in total. The average molecular weight is 340 g/mol. The molecule has 0 aliphatic carbocycles. The second kappa shape index (κ2) is 6.55. The molecule has 0 atom stereocenters. The highest BCUT2D eigenvalue weighted by Gasteiger charge is 2.00. The van der Waals surface area contributed by atoms with Gasteiger partial charge in [-0.15, -0.1) is 0 Å². The first-order chi connectivity index (χ1) is 7.09. The Morgan fingerprint density at radius 2 is 2.20 bits per heavy atom. The van der Waals surface area contributed by atoms with E-state index in [0.717, 1.165) is 20.8 Å². The summed E-state index contributed by atoms with van der Waals surface area (Å²) in [6, 6.07) is 5.95. The molecule has 84 valence electrons. The van der Waals surface area contributed by atoms with Crippen molar-refractivity contribution in [2.75, 3.05) is 18.5 Å². The number of hydrogen-bond donors (Lipinski definition) is 1. The second-order valence-electron chi connectivity index (χ2n) is 3.47. The summed E-state index contributed by atoms with van der Waals surface area (Å²) in [5.41, 5.74) is 0.962. The summed E-state index contributed by atoms with van der Waals surface area (Å²) < 4.78 is 6.56. The van der Waals surface area contributed by atoms with Gasteiger partial charge in [0.1, 0.15) is 0 Å². The van der Waals surface area contributed by atoms with E-state index in [1.165, 1.54) is 0 Å². The van der Waals surface area contributed by atoms with E-state index in [4.69, 9.17) is 16.3 Å². The Morgan fingerprint density at radius 3 is 2.80 bits per heavy atom. The molecule has 0 aliphatic rings. The second-order valence-corrected chi connectivity index (χ2v) is 5.12. The molecule has 15 heavy (non-hydrogen) atoms. The van der Waals surface area contributed by atoms with Crippen LogP contribution in [0.4, 0.5) is 5.69 Å². The van der Waals surface area contributed by atoms with Crippen molar-refractivity contribution in [3.63, 3.8) is 0 Å². The highest BCUT2D eigenvalue weighted by molar-refractivity contribution is 14.1. The molecule has 0 spiro atoms. The molecule has 0 radical (unpaired) electrons. The number of ether oxygens (including phenoxy) is 1. The minimum atomic E-state index is 0.277. The summed E-state index contributed by atoms with van der Waals surface area (Å²) in [6.07, 6.45) is 0.277. The maximum Gasteiger partial charge on any atom is 0.0648 e. The zero-order valence-corrected chi connectivity index (χ0v) is 11.8. The van der Waals surface area contributed by atoms with E-state index in [1.54, 1.807) is 0 Å². The van der Waals surface area contributed by atoms with E-state index in [1.807, 2.05) is 32.0 Å². The van der Waals surface area contributed by atoms with Crippen molar-refractivity contribution < 1.29 is 4.74 Å². The van der Waals surface area contributed by atoms with Crippen molar-refractivity contribution >= 4 is 39.9 Å². The summed E-state index contributed by atoms with van der Waals surface area (Å²) in [6.45, 7) is 5.52. The van der Waals surface area contributed by atoms with Gasteiger partial charge in [-0.3, -0.25) is 0 Å². The summed E-state index contributed by atoms with van der Waals surface area (Å²) in [5, 5.41) is 3.99. The molecule has 0 heterocycles. The van der Waals surface area contributed by atoms with Gasteiger partial charge in [0.2, 0.25) is 0 Å². The number of hydrogen-bond acceptors (Lipinski definition) is 2. The van der Waals surface area contributed by atoms with Crippen LogP contribution in [0.2, 0.25) is 5.02 Å².